The molecule has 1 saturated heterocycles. The SMILES string of the molecule is Cc1cc(Cl)ncc1NC(=O)C1CCCN1C(=O)c1ccccc1. The number of carbonyl (C=O) groups excluding carboxylic acids is 2. The molecule has 2 aromatic rings. The average Bonchev–Trinajstić information content (AvgIpc) is 3.07. The fraction of sp³-hybridized carbons (Fsp3) is 0.278. The van der Waals surface area contributed by atoms with Crippen LogP contribution >= 0.6 is 11.6 Å². The lowest BCUT2D eigenvalue weighted by Gasteiger charge is -2.24. The smallest absolute Gasteiger partial charge is 0.254 e. The van der Waals surface area contributed by atoms with Crippen molar-refractivity contribution in [2.75, 3.05) is 11.9 Å². The molecule has 1 aromatic heterocycles. The number of nitrogens with zero attached hydrogens (tertiary/aromatic N) is 2. The first-order valence-electron chi connectivity index (χ1n) is 7.85. The molecule has 0 saturated carbocycles. The zero-order valence-corrected chi connectivity index (χ0v) is 14.1. The van der Waals surface area contributed by atoms with Crippen LogP contribution in [0.5, 0.6) is 0 Å². The summed E-state index contributed by atoms with van der Waals surface area (Å²) < 4.78 is 0. The van der Waals surface area contributed by atoms with Crippen molar-refractivity contribution in [1.82, 2.24) is 9.88 Å². The maximum Gasteiger partial charge on any atom is 0.254 e. The summed E-state index contributed by atoms with van der Waals surface area (Å²) in [5, 5.41) is 3.24. The number of hydrogen-bond acceptors (Lipinski definition) is 3. The number of aromatic nitrogens is 1. The van der Waals surface area contributed by atoms with E-state index in [1.165, 1.54) is 6.20 Å². The van der Waals surface area contributed by atoms with Gasteiger partial charge in [0.1, 0.15) is 11.2 Å². The molecule has 0 spiro atoms. The molecule has 1 fully saturated rings. The number of halogens is 1. The lowest BCUT2D eigenvalue weighted by atomic mass is 10.1. The molecule has 6 heteroatoms. The molecule has 24 heavy (non-hydrogen) atoms. The largest absolute Gasteiger partial charge is 0.327 e. The first-order valence-corrected chi connectivity index (χ1v) is 8.23. The van der Waals surface area contributed by atoms with E-state index in [0.717, 1.165) is 12.0 Å². The number of aryl methyl sites for hydroxylation is 1. The highest BCUT2D eigenvalue weighted by atomic mass is 35.5. The van der Waals surface area contributed by atoms with Gasteiger partial charge in [-0.3, -0.25) is 9.59 Å². The number of amides is 2. The fourth-order valence-corrected chi connectivity index (χ4v) is 3.11. The molecule has 1 atom stereocenters. The third-order valence-electron chi connectivity index (χ3n) is 4.17. The molecule has 1 N–H and O–H groups in total. The van der Waals surface area contributed by atoms with Gasteiger partial charge in [-0.05, 0) is 43.5 Å². The first-order chi connectivity index (χ1) is 11.6. The van der Waals surface area contributed by atoms with Gasteiger partial charge in [0.15, 0.2) is 0 Å². The van der Waals surface area contributed by atoms with Gasteiger partial charge in [0.25, 0.3) is 5.91 Å². The Morgan fingerprint density at radius 1 is 1.29 bits per heavy atom. The summed E-state index contributed by atoms with van der Waals surface area (Å²) in [5.74, 6) is -0.303. The number of nitrogens with one attached hydrogen (secondary N) is 1. The molecule has 2 heterocycles. The predicted octanol–water partition coefficient (Wildman–Crippen LogP) is 3.29. The highest BCUT2D eigenvalue weighted by molar-refractivity contribution is 6.29. The van der Waals surface area contributed by atoms with E-state index in [0.29, 0.717) is 29.4 Å². The van der Waals surface area contributed by atoms with Gasteiger partial charge in [-0.1, -0.05) is 29.8 Å². The Labute approximate surface area is 145 Å². The third-order valence-corrected chi connectivity index (χ3v) is 4.38. The molecule has 0 radical (unpaired) electrons. The maximum absolute atomic E-state index is 12.6. The fourth-order valence-electron chi connectivity index (χ4n) is 2.90. The molecule has 1 aliphatic rings. The predicted molar refractivity (Wildman–Crippen MR) is 93.1 cm³/mol. The Kier molecular flexibility index (Phi) is 4.81. The van der Waals surface area contributed by atoms with Gasteiger partial charge in [0.2, 0.25) is 5.91 Å². The van der Waals surface area contributed by atoms with Gasteiger partial charge in [-0.15, -0.1) is 0 Å². The number of carbonyl (C=O) groups is 2. The van der Waals surface area contributed by atoms with E-state index in [-0.39, 0.29) is 11.8 Å². The van der Waals surface area contributed by atoms with Crippen LogP contribution in [0.25, 0.3) is 0 Å². The van der Waals surface area contributed by atoms with Crippen LogP contribution in [-0.2, 0) is 4.79 Å². The maximum atomic E-state index is 12.6. The van der Waals surface area contributed by atoms with Crippen LogP contribution < -0.4 is 5.32 Å². The average molecular weight is 344 g/mol. The summed E-state index contributed by atoms with van der Waals surface area (Å²) in [4.78, 5) is 30.9. The van der Waals surface area contributed by atoms with E-state index >= 15 is 0 Å². The van der Waals surface area contributed by atoms with Gasteiger partial charge in [0.05, 0.1) is 11.9 Å². The van der Waals surface area contributed by atoms with E-state index in [1.54, 1.807) is 23.1 Å². The second-order valence-electron chi connectivity index (χ2n) is 5.83. The van der Waals surface area contributed by atoms with Gasteiger partial charge in [0, 0.05) is 12.1 Å². The minimum atomic E-state index is -0.465. The minimum absolute atomic E-state index is 0.112. The third kappa shape index (κ3) is 3.41. The van der Waals surface area contributed by atoms with Crippen molar-refractivity contribution in [2.24, 2.45) is 0 Å². The Balaban J connectivity index is 1.75. The van der Waals surface area contributed by atoms with Gasteiger partial charge in [-0.25, -0.2) is 4.98 Å². The summed E-state index contributed by atoms with van der Waals surface area (Å²) in [6.45, 7) is 2.44. The summed E-state index contributed by atoms with van der Waals surface area (Å²) in [7, 11) is 0. The van der Waals surface area contributed by atoms with Crippen molar-refractivity contribution >= 4 is 29.1 Å². The molecule has 0 aliphatic carbocycles. The number of rotatable bonds is 3. The van der Waals surface area contributed by atoms with E-state index < -0.39 is 6.04 Å². The summed E-state index contributed by atoms with van der Waals surface area (Å²) in [6.07, 6.45) is 3.01. The molecule has 0 bridgehead atoms. The topological polar surface area (TPSA) is 62.3 Å². The van der Waals surface area contributed by atoms with Gasteiger partial charge in [-0.2, -0.15) is 0 Å². The molecular formula is C18H18ClN3O2. The van der Waals surface area contributed by atoms with Crippen LogP contribution in [0.4, 0.5) is 5.69 Å². The minimum Gasteiger partial charge on any atom is -0.327 e. The summed E-state index contributed by atoms with van der Waals surface area (Å²) >= 11 is 5.84. The Morgan fingerprint density at radius 3 is 2.75 bits per heavy atom. The molecular weight excluding hydrogens is 326 g/mol. The van der Waals surface area contributed by atoms with E-state index in [9.17, 15) is 9.59 Å². The van der Waals surface area contributed by atoms with Crippen LogP contribution in [0.15, 0.2) is 42.6 Å². The van der Waals surface area contributed by atoms with E-state index in [4.69, 9.17) is 11.6 Å². The Morgan fingerprint density at radius 2 is 2.04 bits per heavy atom. The molecule has 3 rings (SSSR count). The molecule has 1 aromatic carbocycles. The molecule has 2 amide bonds. The van der Waals surface area contributed by atoms with Crippen LogP contribution in [0.3, 0.4) is 0 Å². The standard InChI is InChI=1S/C18H18ClN3O2/c1-12-10-16(19)20-11-14(12)21-17(23)15-8-5-9-22(15)18(24)13-6-3-2-4-7-13/h2-4,6-7,10-11,15H,5,8-9H2,1H3,(H,21,23). The lowest BCUT2D eigenvalue weighted by molar-refractivity contribution is -0.119. The van der Waals surface area contributed by atoms with Crippen molar-refractivity contribution in [1.29, 1.82) is 0 Å². The van der Waals surface area contributed by atoms with Crippen molar-refractivity contribution in [3.63, 3.8) is 0 Å². The van der Waals surface area contributed by atoms with Crippen LogP contribution in [0, 0.1) is 6.92 Å². The van der Waals surface area contributed by atoms with Crippen molar-refractivity contribution in [2.45, 2.75) is 25.8 Å². The molecule has 5 nitrogen and oxygen atoms in total. The quantitative estimate of drug-likeness (QED) is 0.870. The molecule has 124 valence electrons. The van der Waals surface area contributed by atoms with Crippen LogP contribution in [-0.4, -0.2) is 34.3 Å². The van der Waals surface area contributed by atoms with E-state index in [1.807, 2.05) is 25.1 Å². The van der Waals surface area contributed by atoms with Crippen molar-refractivity contribution in [3.05, 3.63) is 58.9 Å². The second kappa shape index (κ2) is 7.01. The highest BCUT2D eigenvalue weighted by Gasteiger charge is 2.34. The lowest BCUT2D eigenvalue weighted by Crippen LogP contribution is -2.43. The Hall–Kier alpha value is -2.40. The van der Waals surface area contributed by atoms with Crippen molar-refractivity contribution < 1.29 is 9.59 Å². The Bertz CT molecular complexity index is 764. The second-order valence-corrected chi connectivity index (χ2v) is 6.22. The van der Waals surface area contributed by atoms with Crippen LogP contribution in [0.1, 0.15) is 28.8 Å². The number of hydrogen-bond donors (Lipinski definition) is 1. The number of pyridine rings is 1. The van der Waals surface area contributed by atoms with E-state index in [2.05, 4.69) is 10.3 Å². The van der Waals surface area contributed by atoms with Gasteiger partial charge >= 0.3 is 0 Å². The highest BCUT2D eigenvalue weighted by Crippen LogP contribution is 2.23. The number of likely N-dealkylation sites (tertiary alicyclic amines) is 1. The number of benzene rings is 1. The summed E-state index contributed by atoms with van der Waals surface area (Å²) in [5.41, 5.74) is 2.05. The normalized spacial score (nSPS) is 16.9. The zero-order valence-electron chi connectivity index (χ0n) is 13.3. The summed E-state index contributed by atoms with van der Waals surface area (Å²) in [6, 6.07) is 10.3. The molecule has 1 aliphatic heterocycles. The monoisotopic (exact) mass is 343 g/mol. The van der Waals surface area contributed by atoms with Crippen LogP contribution in [0.2, 0.25) is 5.15 Å². The van der Waals surface area contributed by atoms with Gasteiger partial charge < -0.3 is 10.2 Å². The first kappa shape index (κ1) is 16.5. The number of anilines is 1. The molecule has 1 unspecified atom stereocenters. The zero-order chi connectivity index (χ0) is 17.1. The van der Waals surface area contributed by atoms with Crippen molar-refractivity contribution in [3.8, 4) is 0 Å².